The molecule has 1 aromatic rings. The van der Waals surface area contributed by atoms with Gasteiger partial charge in [-0.15, -0.1) is 0 Å². The number of hydrogen-bond acceptors (Lipinski definition) is 7. The van der Waals surface area contributed by atoms with Crippen molar-refractivity contribution in [3.63, 3.8) is 0 Å². The highest BCUT2D eigenvalue weighted by Gasteiger charge is 2.11. The predicted molar refractivity (Wildman–Crippen MR) is 83.9 cm³/mol. The summed E-state index contributed by atoms with van der Waals surface area (Å²) in [5.41, 5.74) is 5.75. The summed E-state index contributed by atoms with van der Waals surface area (Å²) < 4.78 is 0. The Morgan fingerprint density at radius 2 is 1.89 bits per heavy atom. The molecule has 6 nitrogen and oxygen atoms in total. The molecule has 19 heavy (non-hydrogen) atoms. The second-order valence-corrected chi connectivity index (χ2v) is 5.51. The summed E-state index contributed by atoms with van der Waals surface area (Å²) in [6.45, 7) is 10.1. The Morgan fingerprint density at radius 3 is 2.47 bits per heavy atom. The number of thioether (sulfide) groups is 1. The number of nitrogens with zero attached hydrogens (tertiary/aromatic N) is 4. The van der Waals surface area contributed by atoms with Gasteiger partial charge in [0.05, 0.1) is 0 Å². The van der Waals surface area contributed by atoms with E-state index >= 15 is 0 Å². The summed E-state index contributed by atoms with van der Waals surface area (Å²) in [6.07, 6.45) is 0. The topological polar surface area (TPSA) is 80.0 Å². The molecule has 1 unspecified atom stereocenters. The highest BCUT2D eigenvalue weighted by atomic mass is 32.2. The Kier molecular flexibility index (Phi) is 6.69. The molecule has 0 aliphatic carbocycles. The van der Waals surface area contributed by atoms with Gasteiger partial charge in [0.1, 0.15) is 0 Å². The van der Waals surface area contributed by atoms with Crippen LogP contribution in [0, 0.1) is 0 Å². The summed E-state index contributed by atoms with van der Waals surface area (Å²) in [6, 6.07) is 0.302. The van der Waals surface area contributed by atoms with Crippen molar-refractivity contribution in [3.8, 4) is 0 Å². The maximum absolute atomic E-state index is 5.75. The highest BCUT2D eigenvalue weighted by Crippen LogP contribution is 2.13. The van der Waals surface area contributed by atoms with Crippen molar-refractivity contribution in [2.45, 2.75) is 33.7 Å². The molecule has 1 rings (SSSR count). The van der Waals surface area contributed by atoms with Crippen molar-refractivity contribution in [1.29, 1.82) is 0 Å². The van der Waals surface area contributed by atoms with E-state index < -0.39 is 0 Å². The first kappa shape index (κ1) is 15.8. The first-order chi connectivity index (χ1) is 9.10. The zero-order chi connectivity index (χ0) is 14.3. The van der Waals surface area contributed by atoms with Crippen LogP contribution >= 0.6 is 11.8 Å². The van der Waals surface area contributed by atoms with Crippen LogP contribution in [0.25, 0.3) is 0 Å². The number of nitrogen functional groups attached to an aromatic ring is 1. The van der Waals surface area contributed by atoms with E-state index in [1.165, 1.54) is 0 Å². The van der Waals surface area contributed by atoms with Gasteiger partial charge in [0.25, 0.3) is 0 Å². The van der Waals surface area contributed by atoms with Gasteiger partial charge in [-0.25, -0.2) is 0 Å². The van der Waals surface area contributed by atoms with Crippen molar-refractivity contribution in [1.82, 2.24) is 15.0 Å². The first-order valence-corrected chi connectivity index (χ1v) is 7.86. The lowest BCUT2D eigenvalue weighted by Gasteiger charge is -2.20. The minimum Gasteiger partial charge on any atom is -0.368 e. The fourth-order valence-electron chi connectivity index (χ4n) is 1.65. The van der Waals surface area contributed by atoms with Gasteiger partial charge < -0.3 is 16.0 Å². The average Bonchev–Trinajstić information content (AvgIpc) is 2.37. The standard InChI is InChI=1S/C12H24N6S/c1-5-18(6-2)12-16-10(13)15-11(17-12)14-9(4)8-19-7-3/h9H,5-8H2,1-4H3,(H3,13,14,15,16,17). The van der Waals surface area contributed by atoms with Crippen LogP contribution in [-0.4, -0.2) is 45.6 Å². The van der Waals surface area contributed by atoms with Crippen molar-refractivity contribution in [3.05, 3.63) is 0 Å². The largest absolute Gasteiger partial charge is 0.368 e. The lowest BCUT2D eigenvalue weighted by Crippen LogP contribution is -2.26. The van der Waals surface area contributed by atoms with Crippen molar-refractivity contribution >= 4 is 29.6 Å². The molecular formula is C12H24N6S. The molecule has 0 aromatic carbocycles. The Balaban J connectivity index is 2.78. The molecule has 0 fully saturated rings. The molecule has 1 aromatic heterocycles. The number of anilines is 3. The number of rotatable bonds is 8. The van der Waals surface area contributed by atoms with Crippen LogP contribution in [0.3, 0.4) is 0 Å². The molecule has 0 aliphatic rings. The van der Waals surface area contributed by atoms with Crippen molar-refractivity contribution in [2.75, 3.05) is 40.5 Å². The van der Waals surface area contributed by atoms with Gasteiger partial charge in [-0.1, -0.05) is 6.92 Å². The van der Waals surface area contributed by atoms with Crippen LogP contribution in [0.4, 0.5) is 17.8 Å². The molecule has 0 spiro atoms. The highest BCUT2D eigenvalue weighted by molar-refractivity contribution is 7.99. The summed E-state index contributed by atoms with van der Waals surface area (Å²) in [4.78, 5) is 14.8. The molecule has 108 valence electrons. The van der Waals surface area contributed by atoms with Crippen LogP contribution in [0.2, 0.25) is 0 Å². The minimum absolute atomic E-state index is 0.259. The molecule has 1 atom stereocenters. The maximum Gasteiger partial charge on any atom is 0.231 e. The molecule has 0 radical (unpaired) electrons. The summed E-state index contributed by atoms with van der Waals surface area (Å²) in [5.74, 6) is 3.57. The quantitative estimate of drug-likeness (QED) is 0.754. The Labute approximate surface area is 119 Å². The lowest BCUT2D eigenvalue weighted by atomic mass is 10.4. The summed E-state index contributed by atoms with van der Waals surface area (Å²) >= 11 is 1.88. The average molecular weight is 284 g/mol. The maximum atomic E-state index is 5.75. The molecular weight excluding hydrogens is 260 g/mol. The summed E-state index contributed by atoms with van der Waals surface area (Å²) in [5, 5.41) is 3.27. The Bertz CT molecular complexity index is 382. The number of nitrogens with one attached hydrogen (secondary N) is 1. The fourth-order valence-corrected chi connectivity index (χ4v) is 2.32. The van der Waals surface area contributed by atoms with Gasteiger partial charge >= 0.3 is 0 Å². The van der Waals surface area contributed by atoms with Gasteiger partial charge in [-0.2, -0.15) is 26.7 Å². The van der Waals surface area contributed by atoms with Crippen molar-refractivity contribution < 1.29 is 0 Å². The molecule has 1 heterocycles. The van der Waals surface area contributed by atoms with Gasteiger partial charge in [0.15, 0.2) is 0 Å². The van der Waals surface area contributed by atoms with Gasteiger partial charge in [0, 0.05) is 24.9 Å². The molecule has 0 bridgehead atoms. The van der Waals surface area contributed by atoms with Crippen LogP contribution in [0.1, 0.15) is 27.7 Å². The molecule has 0 saturated heterocycles. The van der Waals surface area contributed by atoms with Crippen LogP contribution in [0.5, 0.6) is 0 Å². The van der Waals surface area contributed by atoms with E-state index in [4.69, 9.17) is 5.73 Å². The second kappa shape index (κ2) is 8.04. The fraction of sp³-hybridized carbons (Fsp3) is 0.750. The summed E-state index contributed by atoms with van der Waals surface area (Å²) in [7, 11) is 0. The lowest BCUT2D eigenvalue weighted by molar-refractivity contribution is 0.807. The van der Waals surface area contributed by atoms with E-state index in [2.05, 4.69) is 52.9 Å². The number of aromatic nitrogens is 3. The molecule has 0 saturated carbocycles. The third-order valence-electron chi connectivity index (χ3n) is 2.63. The smallest absolute Gasteiger partial charge is 0.231 e. The van der Waals surface area contributed by atoms with E-state index in [1.807, 2.05) is 11.8 Å². The SMILES string of the molecule is CCSCC(C)Nc1nc(N)nc(N(CC)CC)n1. The number of hydrogen-bond donors (Lipinski definition) is 2. The van der Waals surface area contributed by atoms with E-state index in [-0.39, 0.29) is 5.95 Å². The van der Waals surface area contributed by atoms with E-state index in [1.54, 1.807) is 0 Å². The third kappa shape index (κ3) is 5.10. The zero-order valence-corrected chi connectivity index (χ0v) is 13.0. The van der Waals surface area contributed by atoms with Gasteiger partial charge in [0.2, 0.25) is 17.8 Å². The molecule has 7 heteroatoms. The first-order valence-electron chi connectivity index (χ1n) is 6.71. The monoisotopic (exact) mass is 284 g/mol. The third-order valence-corrected chi connectivity index (χ3v) is 3.78. The van der Waals surface area contributed by atoms with E-state index in [9.17, 15) is 0 Å². The second-order valence-electron chi connectivity index (χ2n) is 4.19. The molecule has 3 N–H and O–H groups in total. The Hall–Kier alpha value is -1.24. The van der Waals surface area contributed by atoms with Crippen LogP contribution in [-0.2, 0) is 0 Å². The predicted octanol–water partition coefficient (Wildman–Crippen LogP) is 1.85. The molecule has 0 amide bonds. The zero-order valence-electron chi connectivity index (χ0n) is 12.2. The minimum atomic E-state index is 0.259. The Morgan fingerprint density at radius 1 is 1.21 bits per heavy atom. The van der Waals surface area contributed by atoms with Gasteiger partial charge in [-0.05, 0) is 26.5 Å². The van der Waals surface area contributed by atoms with Crippen LogP contribution < -0.4 is 16.0 Å². The molecule has 0 aliphatic heterocycles. The number of nitrogens with two attached hydrogens (primary N) is 1. The van der Waals surface area contributed by atoms with E-state index in [0.717, 1.165) is 24.6 Å². The van der Waals surface area contributed by atoms with Gasteiger partial charge in [-0.3, -0.25) is 0 Å². The normalized spacial score (nSPS) is 12.2. The van der Waals surface area contributed by atoms with Crippen LogP contribution in [0.15, 0.2) is 0 Å². The van der Waals surface area contributed by atoms with Crippen molar-refractivity contribution in [2.24, 2.45) is 0 Å². The van der Waals surface area contributed by atoms with E-state index in [0.29, 0.717) is 17.9 Å².